The Balaban J connectivity index is 2.13. The van der Waals surface area contributed by atoms with Gasteiger partial charge in [-0.05, 0) is 18.2 Å². The van der Waals surface area contributed by atoms with Crippen LogP contribution in [0.15, 0.2) is 22.7 Å². The first-order valence-electron chi connectivity index (χ1n) is 5.00. The highest BCUT2D eigenvalue weighted by molar-refractivity contribution is 9.10. The average Bonchev–Trinajstić information content (AvgIpc) is 2.20. The molecule has 2 N–H and O–H groups in total. The third kappa shape index (κ3) is 2.05. The third-order valence-electron chi connectivity index (χ3n) is 2.69. The van der Waals surface area contributed by atoms with E-state index in [1.54, 1.807) is 17.0 Å². The molecule has 0 spiro atoms. The number of nitrogens with zero attached hydrogens (tertiary/aromatic N) is 1. The fourth-order valence-electron chi connectivity index (χ4n) is 1.70. The lowest BCUT2D eigenvalue weighted by Gasteiger charge is -2.38. The van der Waals surface area contributed by atoms with Gasteiger partial charge >= 0.3 is 0 Å². The monoisotopic (exact) mass is 285 g/mol. The standard InChI is InChI=1S/C11H12BrNO3/c12-8-1-2-10(15)9(3-8)11(16)13-4-7(5-13)6-14/h1-3,7,14-15H,4-6H2. The average molecular weight is 286 g/mol. The number of phenolic OH excluding ortho intramolecular Hbond substituents is 1. The quantitative estimate of drug-likeness (QED) is 0.859. The van der Waals surface area contributed by atoms with Gasteiger partial charge in [0.2, 0.25) is 0 Å². The van der Waals surface area contributed by atoms with Gasteiger partial charge in [0, 0.05) is 30.1 Å². The van der Waals surface area contributed by atoms with E-state index >= 15 is 0 Å². The van der Waals surface area contributed by atoms with Gasteiger partial charge in [-0.2, -0.15) is 0 Å². The molecule has 1 aliphatic rings. The molecule has 1 heterocycles. The van der Waals surface area contributed by atoms with Crippen molar-refractivity contribution in [2.45, 2.75) is 0 Å². The summed E-state index contributed by atoms with van der Waals surface area (Å²) in [7, 11) is 0. The zero-order valence-electron chi connectivity index (χ0n) is 8.56. The molecular weight excluding hydrogens is 274 g/mol. The first kappa shape index (κ1) is 11.4. The largest absolute Gasteiger partial charge is 0.507 e. The van der Waals surface area contributed by atoms with Crippen LogP contribution in [-0.4, -0.2) is 40.7 Å². The summed E-state index contributed by atoms with van der Waals surface area (Å²) in [6, 6.07) is 4.77. The molecule has 5 heteroatoms. The lowest BCUT2D eigenvalue weighted by atomic mass is 10.00. The number of amides is 1. The van der Waals surface area contributed by atoms with Crippen LogP contribution in [0.5, 0.6) is 5.75 Å². The second-order valence-electron chi connectivity index (χ2n) is 3.92. The number of benzene rings is 1. The number of carbonyl (C=O) groups is 1. The van der Waals surface area contributed by atoms with Crippen LogP contribution in [0.2, 0.25) is 0 Å². The summed E-state index contributed by atoms with van der Waals surface area (Å²) in [5.74, 6) is -0.0256. The van der Waals surface area contributed by atoms with Gasteiger partial charge in [0.05, 0.1) is 5.56 Å². The lowest BCUT2D eigenvalue weighted by molar-refractivity contribution is 0.0359. The molecule has 0 aromatic heterocycles. The molecule has 1 saturated heterocycles. The van der Waals surface area contributed by atoms with Crippen molar-refractivity contribution < 1.29 is 15.0 Å². The zero-order chi connectivity index (χ0) is 11.7. The van der Waals surface area contributed by atoms with Crippen LogP contribution in [0.25, 0.3) is 0 Å². The van der Waals surface area contributed by atoms with E-state index in [1.165, 1.54) is 6.07 Å². The minimum Gasteiger partial charge on any atom is -0.507 e. The summed E-state index contributed by atoms with van der Waals surface area (Å²) in [6.07, 6.45) is 0. The van der Waals surface area contributed by atoms with E-state index in [9.17, 15) is 9.90 Å². The Hall–Kier alpha value is -1.07. The van der Waals surface area contributed by atoms with E-state index in [4.69, 9.17) is 5.11 Å². The van der Waals surface area contributed by atoms with Gasteiger partial charge in [-0.25, -0.2) is 0 Å². The van der Waals surface area contributed by atoms with Gasteiger partial charge in [0.1, 0.15) is 5.75 Å². The van der Waals surface area contributed by atoms with Crippen molar-refractivity contribution in [3.05, 3.63) is 28.2 Å². The molecule has 0 bridgehead atoms. The molecule has 0 unspecified atom stereocenters. The minimum absolute atomic E-state index is 0.0133. The maximum atomic E-state index is 11.9. The number of aliphatic hydroxyl groups is 1. The summed E-state index contributed by atoms with van der Waals surface area (Å²) < 4.78 is 0.757. The van der Waals surface area contributed by atoms with E-state index in [0.717, 1.165) is 4.47 Å². The number of likely N-dealkylation sites (tertiary alicyclic amines) is 1. The van der Waals surface area contributed by atoms with Crippen LogP contribution in [0, 0.1) is 5.92 Å². The van der Waals surface area contributed by atoms with Crippen LogP contribution in [0.1, 0.15) is 10.4 Å². The fourth-order valence-corrected chi connectivity index (χ4v) is 2.06. The number of phenols is 1. The molecule has 0 radical (unpaired) electrons. The van der Waals surface area contributed by atoms with Gasteiger partial charge in [-0.1, -0.05) is 15.9 Å². The molecule has 16 heavy (non-hydrogen) atoms. The van der Waals surface area contributed by atoms with Crippen molar-refractivity contribution in [3.8, 4) is 5.75 Å². The normalized spacial score (nSPS) is 16.0. The second-order valence-corrected chi connectivity index (χ2v) is 4.84. The van der Waals surface area contributed by atoms with Crippen molar-refractivity contribution in [2.24, 2.45) is 5.92 Å². The Morgan fingerprint density at radius 2 is 2.19 bits per heavy atom. The van der Waals surface area contributed by atoms with E-state index in [2.05, 4.69) is 15.9 Å². The fraction of sp³-hybridized carbons (Fsp3) is 0.364. The molecular formula is C11H12BrNO3. The predicted octanol–water partition coefficient (Wildman–Crippen LogP) is 1.22. The van der Waals surface area contributed by atoms with Crippen molar-refractivity contribution >= 4 is 21.8 Å². The zero-order valence-corrected chi connectivity index (χ0v) is 10.1. The van der Waals surface area contributed by atoms with Gasteiger partial charge in [-0.15, -0.1) is 0 Å². The van der Waals surface area contributed by atoms with Crippen LogP contribution in [0.4, 0.5) is 0 Å². The highest BCUT2D eigenvalue weighted by atomic mass is 79.9. The topological polar surface area (TPSA) is 60.8 Å². The highest BCUT2D eigenvalue weighted by Crippen LogP contribution is 2.26. The Labute approximate surface area is 102 Å². The Kier molecular flexibility index (Phi) is 3.16. The third-order valence-corrected chi connectivity index (χ3v) is 3.18. The summed E-state index contributed by atoms with van der Waals surface area (Å²) >= 11 is 3.26. The number of hydrogen-bond donors (Lipinski definition) is 2. The molecule has 4 nitrogen and oxygen atoms in total. The SMILES string of the molecule is O=C(c1cc(Br)ccc1O)N1CC(CO)C1. The Morgan fingerprint density at radius 1 is 1.50 bits per heavy atom. The first-order valence-corrected chi connectivity index (χ1v) is 5.79. The Bertz CT molecular complexity index is 416. The lowest BCUT2D eigenvalue weighted by Crippen LogP contribution is -2.51. The van der Waals surface area contributed by atoms with Crippen LogP contribution < -0.4 is 0 Å². The van der Waals surface area contributed by atoms with Gasteiger partial charge < -0.3 is 15.1 Å². The summed E-state index contributed by atoms with van der Waals surface area (Å²) in [4.78, 5) is 13.5. The van der Waals surface area contributed by atoms with Crippen LogP contribution in [-0.2, 0) is 0 Å². The molecule has 0 saturated carbocycles. The van der Waals surface area contributed by atoms with Crippen molar-refractivity contribution in [1.29, 1.82) is 0 Å². The molecule has 2 rings (SSSR count). The van der Waals surface area contributed by atoms with E-state index in [-0.39, 0.29) is 24.2 Å². The van der Waals surface area contributed by atoms with Crippen molar-refractivity contribution in [1.82, 2.24) is 4.90 Å². The van der Waals surface area contributed by atoms with Gasteiger partial charge in [-0.3, -0.25) is 4.79 Å². The van der Waals surface area contributed by atoms with E-state index in [1.807, 2.05) is 0 Å². The van der Waals surface area contributed by atoms with Crippen molar-refractivity contribution in [2.75, 3.05) is 19.7 Å². The molecule has 1 fully saturated rings. The first-order chi connectivity index (χ1) is 7.61. The number of carbonyl (C=O) groups excluding carboxylic acids is 1. The van der Waals surface area contributed by atoms with Crippen LogP contribution in [0.3, 0.4) is 0 Å². The van der Waals surface area contributed by atoms with Gasteiger partial charge in [0.15, 0.2) is 0 Å². The molecule has 1 aromatic carbocycles. The highest BCUT2D eigenvalue weighted by Gasteiger charge is 2.31. The molecule has 0 atom stereocenters. The number of hydrogen-bond acceptors (Lipinski definition) is 3. The van der Waals surface area contributed by atoms with Gasteiger partial charge in [0.25, 0.3) is 5.91 Å². The molecule has 0 aliphatic carbocycles. The minimum atomic E-state index is -0.191. The summed E-state index contributed by atoms with van der Waals surface area (Å²) in [5, 5.41) is 18.4. The maximum Gasteiger partial charge on any atom is 0.257 e. The smallest absolute Gasteiger partial charge is 0.257 e. The predicted molar refractivity (Wildman–Crippen MR) is 62.3 cm³/mol. The summed E-state index contributed by atoms with van der Waals surface area (Å²) in [5.41, 5.74) is 0.297. The van der Waals surface area contributed by atoms with Crippen molar-refractivity contribution in [3.63, 3.8) is 0 Å². The number of aromatic hydroxyl groups is 1. The van der Waals surface area contributed by atoms with E-state index in [0.29, 0.717) is 18.7 Å². The molecule has 1 amide bonds. The Morgan fingerprint density at radius 3 is 2.81 bits per heavy atom. The van der Waals surface area contributed by atoms with E-state index < -0.39 is 0 Å². The number of rotatable bonds is 2. The maximum absolute atomic E-state index is 11.9. The number of aliphatic hydroxyl groups excluding tert-OH is 1. The summed E-state index contributed by atoms with van der Waals surface area (Å²) in [6.45, 7) is 1.22. The molecule has 86 valence electrons. The number of halogens is 1. The molecule has 1 aliphatic heterocycles. The van der Waals surface area contributed by atoms with Crippen LogP contribution >= 0.6 is 15.9 Å². The second kappa shape index (κ2) is 4.43. The molecule has 1 aromatic rings.